The predicted molar refractivity (Wildman–Crippen MR) is 118 cm³/mol. The summed E-state index contributed by atoms with van der Waals surface area (Å²) in [6.07, 6.45) is 1.30. The molecule has 0 bridgehead atoms. The minimum Gasteiger partial charge on any atom is -0.480 e. The maximum atomic E-state index is 13.0. The number of carboxylic acid groups (broad SMARTS) is 1. The number of nitrogens with one attached hydrogen (secondary N) is 2. The Labute approximate surface area is 191 Å². The monoisotopic (exact) mass is 470 g/mol. The average molecular weight is 471 g/mol. The van der Waals surface area contributed by atoms with Crippen molar-refractivity contribution in [1.82, 2.24) is 15.5 Å². The van der Waals surface area contributed by atoms with Crippen molar-refractivity contribution in [2.45, 2.75) is 69.6 Å². The molecule has 1 aliphatic rings. The number of guanidine groups is 1. The van der Waals surface area contributed by atoms with E-state index in [0.29, 0.717) is 19.3 Å². The molecule has 1 saturated heterocycles. The first kappa shape index (κ1) is 27.6. The minimum absolute atomic E-state index is 0.0208. The van der Waals surface area contributed by atoms with Crippen molar-refractivity contribution in [3.63, 3.8) is 0 Å². The number of hydrogen-bond donors (Lipinski definition) is 7. The summed E-state index contributed by atoms with van der Waals surface area (Å²) >= 11 is 0. The van der Waals surface area contributed by atoms with Gasteiger partial charge in [0.25, 0.3) is 0 Å². The molecule has 0 saturated carbocycles. The van der Waals surface area contributed by atoms with Crippen LogP contribution in [0.3, 0.4) is 0 Å². The third-order valence-corrected chi connectivity index (χ3v) is 5.17. The second-order valence-electron chi connectivity index (χ2n) is 7.88. The first-order valence-corrected chi connectivity index (χ1v) is 10.7. The highest BCUT2D eigenvalue weighted by molar-refractivity contribution is 5.94. The predicted octanol–water partition coefficient (Wildman–Crippen LogP) is -3.30. The normalized spacial score (nSPS) is 18.0. The highest BCUT2D eigenvalue weighted by Gasteiger charge is 2.37. The van der Waals surface area contributed by atoms with E-state index in [2.05, 4.69) is 15.6 Å². The van der Waals surface area contributed by atoms with Crippen LogP contribution in [0.1, 0.15) is 45.4 Å². The Kier molecular flexibility index (Phi) is 11.0. The number of nitrogens with zero attached hydrogens (tertiary/aromatic N) is 2. The number of amides is 4. The number of carboxylic acids is 1. The summed E-state index contributed by atoms with van der Waals surface area (Å²) in [5, 5.41) is 14.4. The zero-order valence-electron chi connectivity index (χ0n) is 18.7. The molecule has 14 heteroatoms. The number of likely N-dealkylation sites (tertiary alicyclic amines) is 1. The molecule has 0 spiro atoms. The number of aliphatic imine (C=N–C) groups is 1. The molecule has 4 amide bonds. The van der Waals surface area contributed by atoms with Crippen LogP contribution in [-0.2, 0) is 24.0 Å². The number of primary amides is 1. The molecule has 33 heavy (non-hydrogen) atoms. The van der Waals surface area contributed by atoms with E-state index in [0.717, 1.165) is 0 Å². The van der Waals surface area contributed by atoms with Crippen molar-refractivity contribution in [3.05, 3.63) is 0 Å². The van der Waals surface area contributed by atoms with Gasteiger partial charge in [0.15, 0.2) is 5.96 Å². The van der Waals surface area contributed by atoms with E-state index < -0.39 is 53.8 Å². The topological polar surface area (TPSA) is 249 Å². The lowest BCUT2D eigenvalue weighted by Crippen LogP contribution is -2.56. The highest BCUT2D eigenvalue weighted by atomic mass is 16.4. The fourth-order valence-corrected chi connectivity index (χ4v) is 3.36. The van der Waals surface area contributed by atoms with Crippen LogP contribution >= 0.6 is 0 Å². The number of carbonyl (C=O) groups excluding carboxylic acids is 4. The van der Waals surface area contributed by atoms with Crippen molar-refractivity contribution in [1.29, 1.82) is 0 Å². The summed E-state index contributed by atoms with van der Waals surface area (Å²) in [4.78, 5) is 65.2. The summed E-state index contributed by atoms with van der Waals surface area (Å²) in [6.45, 7) is 1.88. The van der Waals surface area contributed by atoms with E-state index >= 15 is 0 Å². The number of rotatable bonds is 13. The SMILES string of the molecule is CC(NC(=O)C(N)CCC(N)=O)C(=O)NC(CCCN=C(N)N)C(=O)N1CCCC1C(=O)O. The van der Waals surface area contributed by atoms with Gasteiger partial charge in [0.2, 0.25) is 23.6 Å². The summed E-state index contributed by atoms with van der Waals surface area (Å²) in [7, 11) is 0. The van der Waals surface area contributed by atoms with Crippen LogP contribution in [0.2, 0.25) is 0 Å². The van der Waals surface area contributed by atoms with Crippen LogP contribution < -0.4 is 33.6 Å². The van der Waals surface area contributed by atoms with Crippen LogP contribution in [0.25, 0.3) is 0 Å². The lowest BCUT2D eigenvalue weighted by Gasteiger charge is -2.28. The van der Waals surface area contributed by atoms with E-state index in [4.69, 9.17) is 22.9 Å². The van der Waals surface area contributed by atoms with E-state index in [1.54, 1.807) is 0 Å². The number of hydrogen-bond acceptors (Lipinski definition) is 7. The standard InChI is InChI=1S/C19H34N8O6/c1-10(25-16(30)11(20)6-7-14(21)28)15(29)26-12(4-2-8-24-19(22)23)17(31)27-9-3-5-13(27)18(32)33/h10-13H,2-9,20H2,1H3,(H2,21,28)(H,25,30)(H,26,29)(H,32,33)(H4,22,23,24). The van der Waals surface area contributed by atoms with Gasteiger partial charge in [-0.25, -0.2) is 4.79 Å². The second-order valence-corrected chi connectivity index (χ2v) is 7.88. The molecule has 0 aromatic heterocycles. The van der Waals surface area contributed by atoms with Crippen molar-refractivity contribution < 1.29 is 29.1 Å². The molecule has 1 rings (SSSR count). The van der Waals surface area contributed by atoms with Gasteiger partial charge in [-0.05, 0) is 39.0 Å². The van der Waals surface area contributed by atoms with E-state index in [1.807, 2.05) is 0 Å². The molecule has 186 valence electrons. The van der Waals surface area contributed by atoms with Crippen LogP contribution in [0.4, 0.5) is 0 Å². The smallest absolute Gasteiger partial charge is 0.326 e. The Morgan fingerprint density at radius 3 is 2.33 bits per heavy atom. The molecule has 11 N–H and O–H groups in total. The summed E-state index contributed by atoms with van der Waals surface area (Å²) < 4.78 is 0. The average Bonchev–Trinajstić information content (AvgIpc) is 3.23. The molecule has 1 aliphatic heterocycles. The minimum atomic E-state index is -1.11. The summed E-state index contributed by atoms with van der Waals surface area (Å²) in [6, 6.07) is -4.07. The molecule has 0 aromatic rings. The molecule has 4 atom stereocenters. The van der Waals surface area contributed by atoms with Crippen LogP contribution in [0, 0.1) is 0 Å². The lowest BCUT2D eigenvalue weighted by atomic mass is 10.1. The molecule has 1 heterocycles. The van der Waals surface area contributed by atoms with Crippen LogP contribution in [0.5, 0.6) is 0 Å². The fourth-order valence-electron chi connectivity index (χ4n) is 3.36. The van der Waals surface area contributed by atoms with Gasteiger partial charge in [0.1, 0.15) is 18.1 Å². The fraction of sp³-hybridized carbons (Fsp3) is 0.684. The Hall–Kier alpha value is -3.42. The van der Waals surface area contributed by atoms with E-state index in [9.17, 15) is 29.1 Å². The molecule has 0 aromatic carbocycles. The van der Waals surface area contributed by atoms with Crippen LogP contribution in [-0.4, -0.2) is 82.8 Å². The van der Waals surface area contributed by atoms with Gasteiger partial charge in [-0.15, -0.1) is 0 Å². The largest absolute Gasteiger partial charge is 0.480 e. The Bertz CT molecular complexity index is 769. The molecule has 0 aliphatic carbocycles. The van der Waals surface area contributed by atoms with E-state index in [1.165, 1.54) is 11.8 Å². The summed E-state index contributed by atoms with van der Waals surface area (Å²) in [5.41, 5.74) is 21.3. The maximum Gasteiger partial charge on any atom is 0.326 e. The number of nitrogens with two attached hydrogens (primary N) is 4. The second kappa shape index (κ2) is 13.2. The Morgan fingerprint density at radius 2 is 1.76 bits per heavy atom. The van der Waals surface area contributed by atoms with Crippen molar-refractivity contribution in [2.24, 2.45) is 27.9 Å². The molecule has 1 fully saturated rings. The highest BCUT2D eigenvalue weighted by Crippen LogP contribution is 2.19. The van der Waals surface area contributed by atoms with E-state index in [-0.39, 0.29) is 38.3 Å². The Morgan fingerprint density at radius 1 is 1.09 bits per heavy atom. The third-order valence-electron chi connectivity index (χ3n) is 5.17. The van der Waals surface area contributed by atoms with Crippen molar-refractivity contribution in [3.8, 4) is 0 Å². The molecule has 14 nitrogen and oxygen atoms in total. The van der Waals surface area contributed by atoms with Gasteiger partial charge < -0.3 is 43.6 Å². The maximum absolute atomic E-state index is 13.0. The van der Waals surface area contributed by atoms with Gasteiger partial charge in [0.05, 0.1) is 6.04 Å². The van der Waals surface area contributed by atoms with Gasteiger partial charge >= 0.3 is 5.97 Å². The number of carbonyl (C=O) groups is 5. The molecular weight excluding hydrogens is 436 g/mol. The van der Waals surface area contributed by atoms with Gasteiger partial charge in [0, 0.05) is 19.5 Å². The van der Waals surface area contributed by atoms with Crippen molar-refractivity contribution in [2.75, 3.05) is 13.1 Å². The zero-order chi connectivity index (χ0) is 25.1. The molecular formula is C19H34N8O6. The third kappa shape index (κ3) is 9.31. The quantitative estimate of drug-likeness (QED) is 0.0807. The summed E-state index contributed by atoms with van der Waals surface area (Å²) in [5.74, 6) is -3.67. The first-order valence-electron chi connectivity index (χ1n) is 10.7. The lowest BCUT2D eigenvalue weighted by molar-refractivity contribution is -0.149. The van der Waals surface area contributed by atoms with Crippen LogP contribution in [0.15, 0.2) is 4.99 Å². The van der Waals surface area contributed by atoms with Crippen molar-refractivity contribution >= 4 is 35.6 Å². The number of aliphatic carboxylic acids is 1. The van der Waals surface area contributed by atoms with Gasteiger partial charge in [-0.2, -0.15) is 0 Å². The first-order chi connectivity index (χ1) is 15.4. The van der Waals surface area contributed by atoms with Gasteiger partial charge in [-0.3, -0.25) is 24.2 Å². The van der Waals surface area contributed by atoms with Gasteiger partial charge in [-0.1, -0.05) is 0 Å². The zero-order valence-corrected chi connectivity index (χ0v) is 18.7. The molecule has 0 radical (unpaired) electrons. The Balaban J connectivity index is 2.81. The molecule has 4 unspecified atom stereocenters.